The summed E-state index contributed by atoms with van der Waals surface area (Å²) in [6.45, 7) is 4.17. The van der Waals surface area contributed by atoms with Gasteiger partial charge in [-0.15, -0.1) is 0 Å². The van der Waals surface area contributed by atoms with Gasteiger partial charge in [0.2, 0.25) is 11.4 Å². The highest BCUT2D eigenvalue weighted by atomic mass is 35.5. The van der Waals surface area contributed by atoms with E-state index in [2.05, 4.69) is 12.2 Å². The fraction of sp³-hybridized carbons (Fsp3) is 0.867. The van der Waals surface area contributed by atoms with Crippen LogP contribution in [0.2, 0.25) is 0 Å². The second-order valence-electron chi connectivity index (χ2n) is 4.91. The third-order valence-corrected chi connectivity index (χ3v) is 3.33. The first-order chi connectivity index (χ1) is 9.61. The smallest absolute Gasteiger partial charge is 0.344 e. The van der Waals surface area contributed by atoms with Gasteiger partial charge in [0, 0.05) is 6.42 Å². The Hall–Kier alpha value is -0.770. The molecule has 0 fully saturated rings. The third-order valence-electron chi connectivity index (χ3n) is 3.04. The number of nitrogens with one attached hydrogen (secondary N) is 1. The lowest BCUT2D eigenvalue weighted by Crippen LogP contribution is -2.37. The van der Waals surface area contributed by atoms with Crippen LogP contribution in [0.1, 0.15) is 71.6 Å². The van der Waals surface area contributed by atoms with Gasteiger partial charge in [-0.05, 0) is 13.3 Å². The van der Waals surface area contributed by atoms with Gasteiger partial charge < -0.3 is 10.1 Å². The Morgan fingerprint density at radius 1 is 1.00 bits per heavy atom. The van der Waals surface area contributed by atoms with E-state index in [0.717, 1.165) is 12.8 Å². The minimum Gasteiger partial charge on any atom is -0.464 e. The summed E-state index contributed by atoms with van der Waals surface area (Å²) >= 11 is 5.71. The van der Waals surface area contributed by atoms with Crippen LogP contribution in [0.3, 0.4) is 0 Å². The van der Waals surface area contributed by atoms with Crippen molar-refractivity contribution in [3.63, 3.8) is 0 Å². The Balaban J connectivity index is 3.47. The van der Waals surface area contributed by atoms with E-state index in [0.29, 0.717) is 6.42 Å². The first-order valence-corrected chi connectivity index (χ1v) is 8.15. The highest BCUT2D eigenvalue weighted by Crippen LogP contribution is 2.09. The molecule has 0 heterocycles. The lowest BCUT2D eigenvalue weighted by atomic mass is 10.1. The maximum absolute atomic E-state index is 11.5. The Morgan fingerprint density at radius 2 is 1.55 bits per heavy atom. The fourth-order valence-corrected chi connectivity index (χ4v) is 2.09. The van der Waals surface area contributed by atoms with Gasteiger partial charge >= 0.3 is 5.97 Å². The Bertz CT molecular complexity index is 272. The van der Waals surface area contributed by atoms with Crippen molar-refractivity contribution in [2.75, 3.05) is 6.61 Å². The minimum atomic E-state index is -1.07. The SMILES string of the molecule is CCCCCCCCCCC(=O)N[C@@H](Cl)C(=O)OCC. The summed E-state index contributed by atoms with van der Waals surface area (Å²) < 4.78 is 4.71. The number of carbonyl (C=O) groups is 2. The molecule has 0 unspecified atom stereocenters. The second-order valence-corrected chi connectivity index (χ2v) is 5.34. The van der Waals surface area contributed by atoms with E-state index in [-0.39, 0.29) is 12.5 Å². The van der Waals surface area contributed by atoms with E-state index >= 15 is 0 Å². The molecule has 0 aliphatic rings. The summed E-state index contributed by atoms with van der Waals surface area (Å²) in [7, 11) is 0. The summed E-state index contributed by atoms with van der Waals surface area (Å²) in [5.41, 5.74) is -1.07. The summed E-state index contributed by atoms with van der Waals surface area (Å²) in [5.74, 6) is -0.789. The molecule has 118 valence electrons. The van der Waals surface area contributed by atoms with Gasteiger partial charge in [0.1, 0.15) is 0 Å². The predicted molar refractivity (Wildman–Crippen MR) is 81.6 cm³/mol. The van der Waals surface area contributed by atoms with Crippen molar-refractivity contribution in [1.82, 2.24) is 5.32 Å². The van der Waals surface area contributed by atoms with E-state index in [1.165, 1.54) is 38.5 Å². The zero-order valence-corrected chi connectivity index (χ0v) is 13.5. The molecule has 0 bridgehead atoms. The molecule has 1 atom stereocenters. The average Bonchev–Trinajstić information content (AvgIpc) is 2.42. The molecule has 0 rings (SSSR count). The molecule has 0 aromatic rings. The number of amides is 1. The molecule has 1 amide bonds. The molecule has 0 aliphatic heterocycles. The van der Waals surface area contributed by atoms with Crippen LogP contribution >= 0.6 is 11.6 Å². The number of alkyl halides is 1. The van der Waals surface area contributed by atoms with Crippen molar-refractivity contribution in [2.24, 2.45) is 0 Å². The number of ether oxygens (including phenoxy) is 1. The van der Waals surface area contributed by atoms with Gasteiger partial charge in [0.05, 0.1) is 6.61 Å². The largest absolute Gasteiger partial charge is 0.464 e. The van der Waals surface area contributed by atoms with E-state index in [1.54, 1.807) is 6.92 Å². The third kappa shape index (κ3) is 11.1. The van der Waals surface area contributed by atoms with Crippen LogP contribution in [0.4, 0.5) is 0 Å². The van der Waals surface area contributed by atoms with E-state index in [9.17, 15) is 9.59 Å². The summed E-state index contributed by atoms with van der Waals surface area (Å²) in [6.07, 6.45) is 9.88. The molecule has 0 saturated heterocycles. The van der Waals surface area contributed by atoms with Gasteiger partial charge in [0.25, 0.3) is 0 Å². The zero-order valence-electron chi connectivity index (χ0n) is 12.8. The van der Waals surface area contributed by atoms with Crippen LogP contribution in [-0.2, 0) is 14.3 Å². The van der Waals surface area contributed by atoms with E-state index in [4.69, 9.17) is 16.3 Å². The predicted octanol–water partition coefficient (Wildman–Crippen LogP) is 3.76. The number of hydrogen-bond donors (Lipinski definition) is 1. The highest BCUT2D eigenvalue weighted by molar-refractivity contribution is 6.30. The fourth-order valence-electron chi connectivity index (χ4n) is 1.91. The number of esters is 1. The van der Waals surface area contributed by atoms with E-state index < -0.39 is 11.5 Å². The average molecular weight is 306 g/mol. The van der Waals surface area contributed by atoms with Crippen molar-refractivity contribution >= 4 is 23.5 Å². The number of unbranched alkanes of at least 4 members (excludes halogenated alkanes) is 7. The molecule has 0 aromatic carbocycles. The maximum Gasteiger partial charge on any atom is 0.344 e. The Labute approximate surface area is 127 Å². The first-order valence-electron chi connectivity index (χ1n) is 7.71. The number of hydrogen-bond acceptors (Lipinski definition) is 3. The van der Waals surface area contributed by atoms with Gasteiger partial charge in [-0.3, -0.25) is 4.79 Å². The molecule has 0 aliphatic carbocycles. The van der Waals surface area contributed by atoms with Crippen molar-refractivity contribution in [3.8, 4) is 0 Å². The standard InChI is InChI=1S/C15H28ClNO3/c1-3-5-6-7-8-9-10-11-12-13(18)17-14(16)15(19)20-4-2/h14H,3-12H2,1-2H3,(H,17,18)/t14-/m1/s1. The molecule has 0 aromatic heterocycles. The highest BCUT2D eigenvalue weighted by Gasteiger charge is 2.18. The molecule has 20 heavy (non-hydrogen) atoms. The first kappa shape index (κ1) is 19.2. The summed E-state index contributed by atoms with van der Waals surface area (Å²) in [4.78, 5) is 22.7. The van der Waals surface area contributed by atoms with Crippen molar-refractivity contribution < 1.29 is 14.3 Å². The minimum absolute atomic E-state index is 0.191. The van der Waals surface area contributed by atoms with Crippen LogP contribution in [-0.4, -0.2) is 24.0 Å². The monoisotopic (exact) mass is 305 g/mol. The van der Waals surface area contributed by atoms with Crippen LogP contribution in [0.5, 0.6) is 0 Å². The van der Waals surface area contributed by atoms with Crippen molar-refractivity contribution in [2.45, 2.75) is 77.1 Å². The maximum atomic E-state index is 11.5. The molecular weight excluding hydrogens is 278 g/mol. The summed E-state index contributed by atoms with van der Waals surface area (Å²) in [6, 6.07) is 0. The van der Waals surface area contributed by atoms with Crippen molar-refractivity contribution in [1.29, 1.82) is 0 Å². The van der Waals surface area contributed by atoms with Gasteiger partial charge in [-0.1, -0.05) is 63.5 Å². The lowest BCUT2D eigenvalue weighted by Gasteiger charge is -2.10. The molecular formula is C15H28ClNO3. The zero-order chi connectivity index (χ0) is 15.2. The van der Waals surface area contributed by atoms with E-state index in [1.807, 2.05) is 0 Å². The van der Waals surface area contributed by atoms with Gasteiger partial charge in [-0.25, -0.2) is 4.79 Å². The Kier molecular flexibility index (Phi) is 12.7. The van der Waals surface area contributed by atoms with Crippen LogP contribution in [0, 0.1) is 0 Å². The molecule has 0 spiro atoms. The normalized spacial score (nSPS) is 11.9. The number of halogens is 1. The second kappa shape index (κ2) is 13.2. The van der Waals surface area contributed by atoms with Crippen LogP contribution in [0.25, 0.3) is 0 Å². The molecule has 1 N–H and O–H groups in total. The van der Waals surface area contributed by atoms with Gasteiger partial charge in [0.15, 0.2) is 0 Å². The van der Waals surface area contributed by atoms with Gasteiger partial charge in [-0.2, -0.15) is 0 Å². The van der Waals surface area contributed by atoms with Crippen LogP contribution < -0.4 is 5.32 Å². The topological polar surface area (TPSA) is 55.4 Å². The molecule has 0 saturated carbocycles. The number of rotatable bonds is 12. The van der Waals surface area contributed by atoms with Crippen molar-refractivity contribution in [3.05, 3.63) is 0 Å². The number of carbonyl (C=O) groups excluding carboxylic acids is 2. The summed E-state index contributed by atoms with van der Waals surface area (Å²) in [5, 5.41) is 2.44. The Morgan fingerprint density at radius 3 is 2.10 bits per heavy atom. The van der Waals surface area contributed by atoms with Crippen LogP contribution in [0.15, 0.2) is 0 Å². The molecule has 4 nitrogen and oxygen atoms in total. The molecule has 5 heteroatoms. The molecule has 0 radical (unpaired) electrons. The quantitative estimate of drug-likeness (QED) is 0.258. The lowest BCUT2D eigenvalue weighted by molar-refractivity contribution is -0.144.